The first-order valence-corrected chi connectivity index (χ1v) is 5.58. The minimum absolute atomic E-state index is 0.250. The highest BCUT2D eigenvalue weighted by atomic mass is 31.3. The molecule has 0 aliphatic rings. The highest BCUT2D eigenvalue weighted by Crippen LogP contribution is 2.53. The van der Waals surface area contributed by atoms with Crippen LogP contribution in [0.25, 0.3) is 0 Å². The third-order valence-corrected chi connectivity index (χ3v) is 1.91. The van der Waals surface area contributed by atoms with Gasteiger partial charge in [-0.15, -0.1) is 0 Å². The molecule has 0 aromatic heterocycles. The number of hydrogen-bond donors (Lipinski definition) is 6. The van der Waals surface area contributed by atoms with Crippen LogP contribution in [0.15, 0.2) is 0 Å². The Labute approximate surface area is 82.4 Å². The zero-order valence-electron chi connectivity index (χ0n) is 6.77. The van der Waals surface area contributed by atoms with E-state index in [2.05, 4.69) is 4.31 Å². The smallest absolute Gasteiger partial charge is 0.478 e. The first-order valence-electron chi connectivity index (χ1n) is 2.52. The minimum Gasteiger partial charge on any atom is -0.483 e. The SMILES string of the molecule is O=CO.O=CO.O=P(O)(O)OP(=O)(O)O. The summed E-state index contributed by atoms with van der Waals surface area (Å²) in [5.74, 6) is 0. The van der Waals surface area contributed by atoms with E-state index in [4.69, 9.17) is 39.4 Å². The summed E-state index contributed by atoms with van der Waals surface area (Å²) in [6.07, 6.45) is 0. The van der Waals surface area contributed by atoms with Crippen molar-refractivity contribution in [3.05, 3.63) is 0 Å². The summed E-state index contributed by atoms with van der Waals surface area (Å²) in [5, 5.41) is 13.8. The van der Waals surface area contributed by atoms with Gasteiger partial charge in [0.1, 0.15) is 0 Å². The molecule has 11 nitrogen and oxygen atoms in total. The van der Waals surface area contributed by atoms with Crippen molar-refractivity contribution in [3.63, 3.8) is 0 Å². The molecule has 0 aliphatic carbocycles. The zero-order chi connectivity index (χ0) is 13.1. The van der Waals surface area contributed by atoms with Gasteiger partial charge >= 0.3 is 15.6 Å². The van der Waals surface area contributed by atoms with Crippen LogP contribution in [0.2, 0.25) is 0 Å². The second-order valence-electron chi connectivity index (χ2n) is 1.27. The molecule has 0 bridgehead atoms. The molecule has 0 rings (SSSR count). The lowest BCUT2D eigenvalue weighted by Crippen LogP contribution is -1.84. The van der Waals surface area contributed by atoms with Gasteiger partial charge < -0.3 is 29.8 Å². The molecule has 15 heavy (non-hydrogen) atoms. The average Bonchev–Trinajstić information content (AvgIpc) is 1.80. The second-order valence-corrected chi connectivity index (χ2v) is 3.89. The van der Waals surface area contributed by atoms with Crippen molar-refractivity contribution < 1.29 is 52.8 Å². The molecule has 0 spiro atoms. The van der Waals surface area contributed by atoms with Crippen molar-refractivity contribution in [3.8, 4) is 0 Å². The Morgan fingerprint density at radius 1 is 0.800 bits per heavy atom. The van der Waals surface area contributed by atoms with Crippen molar-refractivity contribution in [2.75, 3.05) is 0 Å². The van der Waals surface area contributed by atoms with E-state index in [1.807, 2.05) is 0 Å². The minimum atomic E-state index is -5.05. The molecule has 0 atom stereocenters. The van der Waals surface area contributed by atoms with Gasteiger partial charge in [0.15, 0.2) is 0 Å². The van der Waals surface area contributed by atoms with Crippen LogP contribution in [0.4, 0.5) is 0 Å². The zero-order valence-corrected chi connectivity index (χ0v) is 8.56. The lowest BCUT2D eigenvalue weighted by atomic mass is 11.7. The monoisotopic (exact) mass is 270 g/mol. The maximum atomic E-state index is 9.63. The van der Waals surface area contributed by atoms with E-state index in [0.29, 0.717) is 0 Å². The molecule has 0 saturated carbocycles. The van der Waals surface area contributed by atoms with Crippen molar-refractivity contribution in [1.29, 1.82) is 0 Å². The van der Waals surface area contributed by atoms with Gasteiger partial charge in [-0.1, -0.05) is 0 Å². The molecule has 0 radical (unpaired) electrons. The van der Waals surface area contributed by atoms with E-state index in [9.17, 15) is 9.13 Å². The number of carbonyl (C=O) groups is 2. The number of carboxylic acid groups (broad SMARTS) is 2. The van der Waals surface area contributed by atoms with Crippen LogP contribution in [0.1, 0.15) is 0 Å². The summed E-state index contributed by atoms with van der Waals surface area (Å²) < 4.78 is 22.2. The predicted molar refractivity (Wildman–Crippen MR) is 42.6 cm³/mol. The van der Waals surface area contributed by atoms with E-state index in [1.54, 1.807) is 0 Å². The fourth-order valence-corrected chi connectivity index (χ4v) is 1.25. The normalized spacial score (nSPS) is 9.87. The Hall–Kier alpha value is -0.800. The third kappa shape index (κ3) is 61.2. The lowest BCUT2D eigenvalue weighted by molar-refractivity contribution is -0.123. The average molecular weight is 270 g/mol. The topological polar surface area (TPSA) is 199 Å². The first kappa shape index (κ1) is 19.7. The Balaban J connectivity index is -0.000000200. The highest BCUT2D eigenvalue weighted by molar-refractivity contribution is 7.60. The molecule has 0 aromatic rings. The highest BCUT2D eigenvalue weighted by Gasteiger charge is 2.27. The van der Waals surface area contributed by atoms with Crippen LogP contribution in [-0.4, -0.2) is 42.7 Å². The molecule has 0 unspecified atom stereocenters. The fraction of sp³-hybridized carbons (Fsp3) is 0. The molecule has 13 heteroatoms. The van der Waals surface area contributed by atoms with Gasteiger partial charge in [0.2, 0.25) is 0 Å². The molecule has 0 aliphatic heterocycles. The van der Waals surface area contributed by atoms with Gasteiger partial charge in [-0.25, -0.2) is 9.13 Å². The summed E-state index contributed by atoms with van der Waals surface area (Å²) in [4.78, 5) is 47.7. The van der Waals surface area contributed by atoms with Gasteiger partial charge in [0.25, 0.3) is 12.9 Å². The van der Waals surface area contributed by atoms with E-state index in [-0.39, 0.29) is 12.9 Å². The van der Waals surface area contributed by atoms with Crippen LogP contribution in [0, 0.1) is 0 Å². The summed E-state index contributed by atoms with van der Waals surface area (Å²) in [5.41, 5.74) is 0. The van der Waals surface area contributed by atoms with E-state index in [1.165, 1.54) is 0 Å². The second kappa shape index (κ2) is 9.74. The maximum absolute atomic E-state index is 9.63. The summed E-state index contributed by atoms with van der Waals surface area (Å²) in [7, 11) is -10.1. The van der Waals surface area contributed by atoms with Gasteiger partial charge in [-0.3, -0.25) is 9.59 Å². The predicted octanol–water partition coefficient (Wildman–Crippen LogP) is -1.41. The Morgan fingerprint density at radius 3 is 0.933 bits per heavy atom. The van der Waals surface area contributed by atoms with Crippen LogP contribution in [0.3, 0.4) is 0 Å². The van der Waals surface area contributed by atoms with Crippen molar-refractivity contribution in [2.45, 2.75) is 0 Å². The summed E-state index contributed by atoms with van der Waals surface area (Å²) in [6, 6.07) is 0. The van der Waals surface area contributed by atoms with Crippen LogP contribution in [0.5, 0.6) is 0 Å². The quantitative estimate of drug-likeness (QED) is 0.254. The number of rotatable bonds is 2. The largest absolute Gasteiger partial charge is 0.483 e. The molecule has 0 fully saturated rings. The molecular weight excluding hydrogens is 262 g/mol. The van der Waals surface area contributed by atoms with E-state index < -0.39 is 15.6 Å². The standard InChI is InChI=1S/2CH2O2.H4O7P2/c2*2-1-3;1-8(2,3)7-9(4,5)6/h2*1H,(H,2,3);(H2,1,2,3)(H2,4,5,6). The summed E-state index contributed by atoms with van der Waals surface area (Å²) >= 11 is 0. The fourth-order valence-electron chi connectivity index (χ4n) is 0.139. The van der Waals surface area contributed by atoms with Crippen molar-refractivity contribution in [2.24, 2.45) is 0 Å². The van der Waals surface area contributed by atoms with Crippen LogP contribution in [-0.2, 0) is 23.0 Å². The van der Waals surface area contributed by atoms with Gasteiger partial charge in [-0.2, -0.15) is 4.31 Å². The number of phosphoric acid groups is 2. The molecule has 0 heterocycles. The van der Waals surface area contributed by atoms with E-state index >= 15 is 0 Å². The maximum Gasteiger partial charge on any atom is 0.478 e. The van der Waals surface area contributed by atoms with E-state index in [0.717, 1.165) is 0 Å². The Bertz CT molecular complexity index is 219. The van der Waals surface area contributed by atoms with Crippen LogP contribution >= 0.6 is 15.6 Å². The van der Waals surface area contributed by atoms with Crippen molar-refractivity contribution in [1.82, 2.24) is 0 Å². The lowest BCUT2D eigenvalue weighted by Gasteiger charge is -2.03. The van der Waals surface area contributed by atoms with Gasteiger partial charge in [0.05, 0.1) is 0 Å². The Morgan fingerprint density at radius 2 is 0.933 bits per heavy atom. The van der Waals surface area contributed by atoms with Crippen LogP contribution < -0.4 is 0 Å². The molecule has 0 saturated heterocycles. The molecule has 92 valence electrons. The van der Waals surface area contributed by atoms with Crippen molar-refractivity contribution >= 4 is 28.6 Å². The summed E-state index contributed by atoms with van der Waals surface area (Å²) in [6.45, 7) is -0.500. The van der Waals surface area contributed by atoms with Gasteiger partial charge in [-0.05, 0) is 0 Å². The first-order chi connectivity index (χ1) is 6.54. The Kier molecular flexibility index (Phi) is 12.8. The molecule has 6 N–H and O–H groups in total. The molecular formula is C2H8O11P2. The molecule has 0 aromatic carbocycles. The molecule has 0 amide bonds. The number of hydrogen-bond acceptors (Lipinski definition) is 5. The van der Waals surface area contributed by atoms with Gasteiger partial charge in [0, 0.05) is 0 Å². The third-order valence-electron chi connectivity index (χ3n) is 0.213.